The minimum Gasteiger partial charge on any atom is -0.264 e. The van der Waals surface area contributed by atoms with E-state index < -0.39 is 16.0 Å². The lowest BCUT2D eigenvalue weighted by Gasteiger charge is -2.26. The van der Waals surface area contributed by atoms with Gasteiger partial charge in [-0.3, -0.25) is 4.55 Å². The molecule has 72 valence electrons. The molecule has 0 radical (unpaired) electrons. The van der Waals surface area contributed by atoms with E-state index in [2.05, 4.69) is 4.18 Å². The fourth-order valence-electron chi connectivity index (χ4n) is 1.68. The topological polar surface area (TPSA) is 63.6 Å². The molecule has 5 heteroatoms. The van der Waals surface area contributed by atoms with E-state index in [1.54, 1.807) is 6.92 Å². The van der Waals surface area contributed by atoms with Gasteiger partial charge in [-0.1, -0.05) is 13.3 Å². The van der Waals surface area contributed by atoms with Gasteiger partial charge in [0, 0.05) is 0 Å². The first-order chi connectivity index (χ1) is 5.33. The lowest BCUT2D eigenvalue weighted by Crippen LogP contribution is -2.33. The monoisotopic (exact) mass is 194 g/mol. The van der Waals surface area contributed by atoms with Gasteiger partial charge < -0.3 is 0 Å². The van der Waals surface area contributed by atoms with Crippen molar-refractivity contribution in [3.05, 3.63) is 0 Å². The van der Waals surface area contributed by atoms with Crippen molar-refractivity contribution in [2.75, 3.05) is 0 Å². The molecule has 0 saturated heterocycles. The quantitative estimate of drug-likeness (QED) is 0.674. The maximum absolute atomic E-state index is 10.5. The van der Waals surface area contributed by atoms with Gasteiger partial charge in [0.15, 0.2) is 0 Å². The molecule has 0 heterocycles. The molecule has 0 aromatic carbocycles. The Morgan fingerprint density at radius 1 is 1.58 bits per heavy atom. The molecule has 4 nitrogen and oxygen atoms in total. The van der Waals surface area contributed by atoms with Crippen molar-refractivity contribution in [1.82, 2.24) is 0 Å². The summed E-state index contributed by atoms with van der Waals surface area (Å²) in [5, 5.41) is 0. The summed E-state index contributed by atoms with van der Waals surface area (Å²) in [6.45, 7) is 3.65. The van der Waals surface area contributed by atoms with Gasteiger partial charge >= 0.3 is 10.4 Å². The van der Waals surface area contributed by atoms with Crippen LogP contribution in [0.25, 0.3) is 0 Å². The highest BCUT2D eigenvalue weighted by atomic mass is 32.3. The smallest absolute Gasteiger partial charge is 0.264 e. The van der Waals surface area contributed by atoms with Gasteiger partial charge in [0.25, 0.3) is 0 Å². The second kappa shape index (κ2) is 2.97. The Balaban J connectivity index is 2.73. The zero-order valence-corrected chi connectivity index (χ0v) is 8.10. The summed E-state index contributed by atoms with van der Waals surface area (Å²) >= 11 is 0. The van der Waals surface area contributed by atoms with Gasteiger partial charge in [0.05, 0.1) is 5.60 Å². The number of hydrogen-bond donors (Lipinski definition) is 1. The molecule has 0 aromatic heterocycles. The maximum Gasteiger partial charge on any atom is 0.397 e. The SMILES string of the molecule is CC1CCCC1(C)OS(=O)(=O)O. The van der Waals surface area contributed by atoms with Gasteiger partial charge in [0.1, 0.15) is 0 Å². The maximum atomic E-state index is 10.5. The summed E-state index contributed by atoms with van der Waals surface area (Å²) in [5.74, 6) is 0.180. The van der Waals surface area contributed by atoms with E-state index in [9.17, 15) is 8.42 Å². The largest absolute Gasteiger partial charge is 0.397 e. The predicted octanol–water partition coefficient (Wildman–Crippen LogP) is 1.38. The summed E-state index contributed by atoms with van der Waals surface area (Å²) in [4.78, 5) is 0. The molecular weight excluding hydrogens is 180 g/mol. The molecule has 2 unspecified atom stereocenters. The van der Waals surface area contributed by atoms with Crippen LogP contribution >= 0.6 is 0 Å². The molecule has 2 atom stereocenters. The average molecular weight is 194 g/mol. The highest BCUT2D eigenvalue weighted by Gasteiger charge is 2.40. The number of hydrogen-bond acceptors (Lipinski definition) is 3. The molecule has 0 bridgehead atoms. The van der Waals surface area contributed by atoms with Crippen LogP contribution in [0.1, 0.15) is 33.1 Å². The third kappa shape index (κ3) is 2.18. The Hall–Kier alpha value is -0.130. The first-order valence-corrected chi connectivity index (χ1v) is 5.38. The van der Waals surface area contributed by atoms with Crippen molar-refractivity contribution in [3.63, 3.8) is 0 Å². The van der Waals surface area contributed by atoms with Crippen LogP contribution in [-0.4, -0.2) is 18.6 Å². The van der Waals surface area contributed by atoms with Crippen LogP contribution in [0.5, 0.6) is 0 Å². The van der Waals surface area contributed by atoms with E-state index in [1.807, 2.05) is 6.92 Å². The van der Waals surface area contributed by atoms with Crippen molar-refractivity contribution in [2.45, 2.75) is 38.7 Å². The third-order valence-corrected chi connectivity index (χ3v) is 3.24. The molecule has 0 spiro atoms. The normalized spacial score (nSPS) is 37.1. The van der Waals surface area contributed by atoms with Crippen molar-refractivity contribution in [1.29, 1.82) is 0 Å². The predicted molar refractivity (Wildman–Crippen MR) is 44.1 cm³/mol. The Morgan fingerprint density at radius 3 is 2.50 bits per heavy atom. The van der Waals surface area contributed by atoms with Crippen molar-refractivity contribution in [2.24, 2.45) is 5.92 Å². The van der Waals surface area contributed by atoms with Gasteiger partial charge in [-0.05, 0) is 25.7 Å². The van der Waals surface area contributed by atoms with E-state index in [4.69, 9.17) is 4.55 Å². The molecule has 1 rings (SSSR count). The Kier molecular flexibility index (Phi) is 2.47. The van der Waals surface area contributed by atoms with E-state index in [0.717, 1.165) is 12.8 Å². The fourth-order valence-corrected chi connectivity index (χ4v) is 2.40. The first kappa shape index (κ1) is 9.95. The van der Waals surface area contributed by atoms with E-state index in [0.29, 0.717) is 6.42 Å². The van der Waals surface area contributed by atoms with Gasteiger partial charge in [-0.25, -0.2) is 4.18 Å². The van der Waals surface area contributed by atoms with E-state index in [-0.39, 0.29) is 5.92 Å². The Bertz CT molecular complexity index is 259. The molecular formula is C7H14O4S. The van der Waals surface area contributed by atoms with Crippen LogP contribution in [0.15, 0.2) is 0 Å². The third-order valence-electron chi connectivity index (χ3n) is 2.65. The number of rotatable bonds is 2. The highest BCUT2D eigenvalue weighted by Crippen LogP contribution is 2.38. The summed E-state index contributed by atoms with van der Waals surface area (Å²) in [5.41, 5.74) is -0.701. The molecule has 0 aromatic rings. The summed E-state index contributed by atoms with van der Waals surface area (Å²) in [7, 11) is -4.30. The molecule has 1 aliphatic rings. The summed E-state index contributed by atoms with van der Waals surface area (Å²) < 4.78 is 34.1. The van der Waals surface area contributed by atoms with Crippen LogP contribution < -0.4 is 0 Å². The standard InChI is InChI=1S/C7H14O4S/c1-6-4-3-5-7(6,2)11-12(8,9)10/h6H,3-5H2,1-2H3,(H,8,9,10). The lowest BCUT2D eigenvalue weighted by atomic mass is 9.95. The van der Waals surface area contributed by atoms with Crippen LogP contribution in [0, 0.1) is 5.92 Å². The van der Waals surface area contributed by atoms with Crippen molar-refractivity contribution in [3.8, 4) is 0 Å². The molecule has 1 aliphatic carbocycles. The molecule has 0 aliphatic heterocycles. The zero-order valence-electron chi connectivity index (χ0n) is 7.28. The van der Waals surface area contributed by atoms with Crippen LogP contribution in [0.4, 0.5) is 0 Å². The van der Waals surface area contributed by atoms with Gasteiger partial charge in [0.2, 0.25) is 0 Å². The van der Waals surface area contributed by atoms with Crippen molar-refractivity contribution >= 4 is 10.4 Å². The van der Waals surface area contributed by atoms with Crippen LogP contribution in [0.3, 0.4) is 0 Å². The zero-order chi connectivity index (χ0) is 9.41. The molecule has 0 amide bonds. The van der Waals surface area contributed by atoms with Crippen LogP contribution in [-0.2, 0) is 14.6 Å². The molecule has 12 heavy (non-hydrogen) atoms. The highest BCUT2D eigenvalue weighted by molar-refractivity contribution is 7.80. The first-order valence-electron chi connectivity index (χ1n) is 4.01. The van der Waals surface area contributed by atoms with Crippen LogP contribution in [0.2, 0.25) is 0 Å². The fraction of sp³-hybridized carbons (Fsp3) is 1.00. The van der Waals surface area contributed by atoms with Gasteiger partial charge in [-0.15, -0.1) is 0 Å². The second-order valence-electron chi connectivity index (χ2n) is 3.62. The minimum atomic E-state index is -4.30. The summed E-state index contributed by atoms with van der Waals surface area (Å²) in [6, 6.07) is 0. The van der Waals surface area contributed by atoms with E-state index in [1.165, 1.54) is 0 Å². The molecule has 1 saturated carbocycles. The van der Waals surface area contributed by atoms with Crippen molar-refractivity contribution < 1.29 is 17.2 Å². The summed E-state index contributed by atoms with van der Waals surface area (Å²) in [6.07, 6.45) is 2.59. The van der Waals surface area contributed by atoms with E-state index >= 15 is 0 Å². The molecule has 1 fully saturated rings. The second-order valence-corrected chi connectivity index (χ2v) is 4.64. The average Bonchev–Trinajstić information content (AvgIpc) is 2.08. The molecule has 1 N–H and O–H groups in total. The lowest BCUT2D eigenvalue weighted by molar-refractivity contribution is 0.0500. The minimum absolute atomic E-state index is 0.180. The Morgan fingerprint density at radius 2 is 2.17 bits per heavy atom. The Labute approximate surface area is 72.9 Å². The van der Waals surface area contributed by atoms with Gasteiger partial charge in [-0.2, -0.15) is 8.42 Å².